The zero-order valence-corrected chi connectivity index (χ0v) is 25.2. The number of ketones is 1. The Labute approximate surface area is 253 Å². The van der Waals surface area contributed by atoms with E-state index in [9.17, 15) is 29.4 Å². The maximum atomic E-state index is 13.4. The zero-order valence-electron chi connectivity index (χ0n) is 25.2. The van der Waals surface area contributed by atoms with Crippen LogP contribution in [-0.2, 0) is 25.4 Å². The molecule has 13 heteroatoms. The van der Waals surface area contributed by atoms with Gasteiger partial charge in [0.2, 0.25) is 6.29 Å². The minimum Gasteiger partial charge on any atom is -0.508 e. The van der Waals surface area contributed by atoms with Crippen molar-refractivity contribution in [2.45, 2.75) is 77.3 Å². The summed E-state index contributed by atoms with van der Waals surface area (Å²) in [6.45, 7) is 8.65. The molecule has 2 aromatic carbocycles. The van der Waals surface area contributed by atoms with Crippen molar-refractivity contribution in [3.63, 3.8) is 0 Å². The number of carbonyl (C=O) groups excluding carboxylic acids is 4. The molecule has 44 heavy (non-hydrogen) atoms. The summed E-state index contributed by atoms with van der Waals surface area (Å²) in [7, 11) is 1.36. The molecule has 0 bridgehead atoms. The lowest BCUT2D eigenvalue weighted by molar-refractivity contribution is -0.304. The summed E-state index contributed by atoms with van der Waals surface area (Å²) in [5.41, 5.74) is 6.05. The van der Waals surface area contributed by atoms with Crippen LogP contribution in [0, 0.1) is 6.92 Å². The van der Waals surface area contributed by atoms with E-state index < -0.39 is 60.0 Å². The number of esters is 1. The number of rotatable bonds is 8. The maximum absolute atomic E-state index is 13.4. The Morgan fingerprint density at radius 2 is 1.86 bits per heavy atom. The average molecular weight is 613 g/mol. The van der Waals surface area contributed by atoms with Gasteiger partial charge in [-0.1, -0.05) is 11.6 Å². The second-order valence-corrected chi connectivity index (χ2v) is 11.3. The van der Waals surface area contributed by atoms with Gasteiger partial charge in [0, 0.05) is 18.2 Å². The summed E-state index contributed by atoms with van der Waals surface area (Å²) in [6.07, 6.45) is -3.85. The Balaban J connectivity index is 1.54. The van der Waals surface area contributed by atoms with Crippen LogP contribution in [0.3, 0.4) is 0 Å². The lowest BCUT2D eigenvalue weighted by Gasteiger charge is -2.47. The molecular weight excluding hydrogens is 576 g/mol. The molecule has 0 saturated carbocycles. The molecule has 2 aliphatic rings. The summed E-state index contributed by atoms with van der Waals surface area (Å²) in [5.74, 6) is -2.37. The van der Waals surface area contributed by atoms with Gasteiger partial charge < -0.3 is 44.9 Å². The molecule has 2 amide bonds. The number of nitrogens with one attached hydrogen (secondary N) is 1. The second-order valence-electron chi connectivity index (χ2n) is 11.3. The molecule has 1 unspecified atom stereocenters. The molecule has 236 valence electrons. The monoisotopic (exact) mass is 612 g/mol. The average Bonchev–Trinajstić information content (AvgIpc) is 2.94. The molecule has 2 aromatic rings. The molecule has 2 aliphatic heterocycles. The lowest BCUT2D eigenvalue weighted by Crippen LogP contribution is -2.65. The Morgan fingerprint density at radius 3 is 2.50 bits per heavy atom. The van der Waals surface area contributed by atoms with Crippen LogP contribution in [0.15, 0.2) is 42.0 Å². The van der Waals surface area contributed by atoms with Crippen molar-refractivity contribution in [2.24, 2.45) is 5.73 Å². The highest BCUT2D eigenvalue weighted by Crippen LogP contribution is 2.39. The third kappa shape index (κ3) is 6.54. The van der Waals surface area contributed by atoms with Crippen molar-refractivity contribution < 1.29 is 53.1 Å². The number of methoxy groups -OCH3 is 1. The van der Waals surface area contributed by atoms with Gasteiger partial charge >= 0.3 is 12.1 Å². The van der Waals surface area contributed by atoms with Gasteiger partial charge in [0.1, 0.15) is 23.4 Å². The molecule has 5 N–H and O–H groups in total. The smallest absolute Gasteiger partial charge is 0.404 e. The number of fused-ring (bicyclic) bond motifs is 1. The van der Waals surface area contributed by atoms with Gasteiger partial charge in [0.25, 0.3) is 5.91 Å². The summed E-state index contributed by atoms with van der Waals surface area (Å²) >= 11 is 0. The van der Waals surface area contributed by atoms with Gasteiger partial charge in [-0.25, -0.2) is 9.59 Å². The predicted octanol–water partition coefficient (Wildman–Crippen LogP) is 2.46. The number of allylic oxidation sites excluding steroid dienone is 2. The van der Waals surface area contributed by atoms with Gasteiger partial charge in [-0.15, -0.1) is 0 Å². The van der Waals surface area contributed by atoms with E-state index in [-0.39, 0.29) is 33.9 Å². The fraction of sp³-hybridized carbons (Fsp3) is 0.419. The number of ether oxygens (including phenoxy) is 5. The van der Waals surface area contributed by atoms with Crippen LogP contribution in [0.4, 0.5) is 4.79 Å². The van der Waals surface area contributed by atoms with Crippen LogP contribution in [-0.4, -0.2) is 77.3 Å². The van der Waals surface area contributed by atoms with E-state index in [2.05, 4.69) is 5.32 Å². The van der Waals surface area contributed by atoms with Gasteiger partial charge in [0.05, 0.1) is 11.2 Å². The first-order valence-corrected chi connectivity index (χ1v) is 13.8. The zero-order chi connectivity index (χ0) is 32.5. The first kappa shape index (κ1) is 32.5. The highest BCUT2D eigenvalue weighted by molar-refractivity contribution is 6.19. The van der Waals surface area contributed by atoms with Gasteiger partial charge in [0.15, 0.2) is 24.0 Å². The molecule has 13 nitrogen and oxygen atoms in total. The fourth-order valence-electron chi connectivity index (χ4n) is 5.16. The molecule has 4 rings (SSSR count). The molecule has 0 spiro atoms. The van der Waals surface area contributed by atoms with Crippen LogP contribution >= 0.6 is 0 Å². The van der Waals surface area contributed by atoms with Crippen LogP contribution in [0.5, 0.6) is 17.2 Å². The van der Waals surface area contributed by atoms with Crippen molar-refractivity contribution in [1.82, 2.24) is 5.32 Å². The van der Waals surface area contributed by atoms with E-state index in [1.807, 2.05) is 19.9 Å². The molecule has 5 atom stereocenters. The van der Waals surface area contributed by atoms with Gasteiger partial charge in [-0.3, -0.25) is 9.59 Å². The topological polar surface area (TPSA) is 193 Å². The van der Waals surface area contributed by atoms with Crippen molar-refractivity contribution in [1.29, 1.82) is 0 Å². The van der Waals surface area contributed by atoms with Crippen molar-refractivity contribution in [2.75, 3.05) is 7.11 Å². The Hall–Kier alpha value is -4.46. The third-order valence-electron chi connectivity index (χ3n) is 7.44. The summed E-state index contributed by atoms with van der Waals surface area (Å²) in [5, 5.41) is 23.5. The maximum Gasteiger partial charge on any atom is 0.404 e. The normalized spacial score (nSPS) is 24.0. The Morgan fingerprint density at radius 1 is 1.16 bits per heavy atom. The number of carbonyl (C=O) groups is 4. The number of aromatic hydroxyl groups is 1. The van der Waals surface area contributed by atoms with Crippen LogP contribution in [0.2, 0.25) is 0 Å². The van der Waals surface area contributed by atoms with Gasteiger partial charge in [-0.05, 0) is 76.9 Å². The van der Waals surface area contributed by atoms with E-state index >= 15 is 0 Å². The Kier molecular flexibility index (Phi) is 9.33. The van der Waals surface area contributed by atoms with E-state index in [0.29, 0.717) is 12.0 Å². The molecular formula is C31H36N2O11. The van der Waals surface area contributed by atoms with E-state index in [1.54, 1.807) is 13.8 Å². The molecule has 1 saturated heterocycles. The van der Waals surface area contributed by atoms with Crippen LogP contribution in [0.1, 0.15) is 59.5 Å². The van der Waals surface area contributed by atoms with Crippen molar-refractivity contribution >= 4 is 23.8 Å². The lowest BCUT2D eigenvalue weighted by atomic mass is 9.89. The SMILES string of the molecule is CO[C@@H]1[C@@H](OC(N)=O)[C@@H](O)[C@H](Oc2ccc3c(c2C)OC(=O)C(NC(=O)c2ccc(O)c(CC=C(C)C)c2)C3=O)OC1(C)C. The number of benzene rings is 2. The number of aliphatic hydroxyl groups excluding tert-OH is 1. The van der Waals surface area contributed by atoms with Crippen molar-refractivity contribution in [3.8, 4) is 17.2 Å². The highest BCUT2D eigenvalue weighted by Gasteiger charge is 2.53. The number of hydrogen-bond donors (Lipinski definition) is 4. The number of aliphatic hydroxyl groups is 1. The van der Waals surface area contributed by atoms with Crippen LogP contribution < -0.4 is 20.5 Å². The minimum absolute atomic E-state index is 0.0127. The molecule has 0 aliphatic carbocycles. The quantitative estimate of drug-likeness (QED) is 0.148. The fourth-order valence-corrected chi connectivity index (χ4v) is 5.16. The number of primary amides is 1. The van der Waals surface area contributed by atoms with E-state index in [0.717, 1.165) is 5.57 Å². The van der Waals surface area contributed by atoms with E-state index in [4.69, 9.17) is 29.4 Å². The highest BCUT2D eigenvalue weighted by atomic mass is 16.7. The Bertz CT molecular complexity index is 1510. The number of hydrogen-bond acceptors (Lipinski definition) is 11. The molecule has 2 heterocycles. The second kappa shape index (κ2) is 12.6. The minimum atomic E-state index is -1.61. The standard InChI is InChI=1S/C31H36N2O11/c1-14(2)7-8-16-13-17(9-11-19(16)34)27(37)33-21-22(35)18-10-12-20(15(3)24(18)42-28(21)38)41-29-23(36)25(43-30(32)39)26(40-6)31(4,5)44-29/h7,9-13,21,23,25-26,29,34,36H,8H2,1-6H3,(H2,32,39)(H,33,37)/t21?,23-,25+,26-,29-/m1/s1. The first-order chi connectivity index (χ1) is 20.6. The number of Topliss-reactive ketones (excluding diaryl/α,β-unsaturated/α-hetero) is 1. The molecule has 1 fully saturated rings. The number of amides is 2. The number of nitrogens with two attached hydrogens (primary N) is 1. The first-order valence-electron chi connectivity index (χ1n) is 13.8. The van der Waals surface area contributed by atoms with Crippen LogP contribution in [0.25, 0.3) is 0 Å². The molecule has 0 aromatic heterocycles. The predicted molar refractivity (Wildman–Crippen MR) is 154 cm³/mol. The third-order valence-corrected chi connectivity index (χ3v) is 7.44. The largest absolute Gasteiger partial charge is 0.508 e. The number of phenols is 1. The summed E-state index contributed by atoms with van der Waals surface area (Å²) in [6, 6.07) is 5.41. The molecule has 0 radical (unpaired) electrons. The van der Waals surface area contributed by atoms with E-state index in [1.165, 1.54) is 44.4 Å². The summed E-state index contributed by atoms with van der Waals surface area (Å²) in [4.78, 5) is 50.8. The number of phenolic OH excluding ortho intramolecular Hbond substituents is 1. The van der Waals surface area contributed by atoms with Gasteiger partial charge in [-0.2, -0.15) is 0 Å². The van der Waals surface area contributed by atoms with Crippen molar-refractivity contribution in [3.05, 3.63) is 64.2 Å². The summed E-state index contributed by atoms with van der Waals surface area (Å²) < 4.78 is 27.8.